The Hall–Kier alpha value is -2.69. The topological polar surface area (TPSA) is 71.1 Å². The van der Waals surface area contributed by atoms with E-state index in [-0.39, 0.29) is 17.9 Å². The number of carbonyl (C=O) groups excluding carboxylic acids is 2. The maximum Gasteiger partial charge on any atom is 0.228 e. The van der Waals surface area contributed by atoms with Gasteiger partial charge in [-0.05, 0) is 48.2 Å². The Kier molecular flexibility index (Phi) is 4.66. The van der Waals surface area contributed by atoms with Gasteiger partial charge < -0.3 is 10.6 Å². The summed E-state index contributed by atoms with van der Waals surface area (Å²) in [6, 6.07) is 11.4. The molecule has 1 aliphatic rings. The van der Waals surface area contributed by atoms with Gasteiger partial charge in [0, 0.05) is 24.5 Å². The maximum absolute atomic E-state index is 12.1. The monoisotopic (exact) mass is 309 g/mol. The normalized spacial score (nSPS) is 17.4. The van der Waals surface area contributed by atoms with Gasteiger partial charge in [-0.1, -0.05) is 12.1 Å². The molecule has 2 amide bonds. The minimum Gasteiger partial charge on any atom is -0.349 e. The molecule has 1 unspecified atom stereocenters. The van der Waals surface area contributed by atoms with E-state index < -0.39 is 0 Å². The van der Waals surface area contributed by atoms with Crippen molar-refractivity contribution in [3.63, 3.8) is 0 Å². The number of nitrogens with one attached hydrogen (secondary N) is 2. The fourth-order valence-corrected chi connectivity index (χ4v) is 2.78. The standard InChI is InChI=1S/C18H19N3O2/c22-17-6-2-5-16(21-17)14-3-1-4-15(12-14)20-18(23)11-13-7-9-19-10-8-13/h1,3-4,7-10,12,16H,2,5-6,11H2,(H,20,23)(H,21,22). The van der Waals surface area contributed by atoms with Crippen LogP contribution in [0.1, 0.15) is 36.4 Å². The highest BCUT2D eigenvalue weighted by molar-refractivity contribution is 5.92. The lowest BCUT2D eigenvalue weighted by atomic mass is 9.97. The number of pyridine rings is 1. The van der Waals surface area contributed by atoms with Gasteiger partial charge in [0.2, 0.25) is 11.8 Å². The van der Waals surface area contributed by atoms with E-state index in [2.05, 4.69) is 15.6 Å². The Morgan fingerprint density at radius 1 is 1.26 bits per heavy atom. The number of piperidine rings is 1. The van der Waals surface area contributed by atoms with Crippen molar-refractivity contribution >= 4 is 17.5 Å². The Morgan fingerprint density at radius 3 is 2.87 bits per heavy atom. The van der Waals surface area contributed by atoms with Crippen molar-refractivity contribution in [2.45, 2.75) is 31.7 Å². The van der Waals surface area contributed by atoms with E-state index in [1.54, 1.807) is 12.4 Å². The number of nitrogens with zero attached hydrogens (tertiary/aromatic N) is 1. The SMILES string of the molecule is O=C(Cc1ccncc1)Nc1cccc(C2CCCC(=O)N2)c1. The van der Waals surface area contributed by atoms with Crippen molar-refractivity contribution < 1.29 is 9.59 Å². The van der Waals surface area contributed by atoms with Gasteiger partial charge in [0.1, 0.15) is 0 Å². The molecule has 5 nitrogen and oxygen atoms in total. The van der Waals surface area contributed by atoms with Gasteiger partial charge in [-0.2, -0.15) is 0 Å². The van der Waals surface area contributed by atoms with Crippen molar-refractivity contribution in [1.29, 1.82) is 0 Å². The molecular weight excluding hydrogens is 290 g/mol. The van der Waals surface area contributed by atoms with Crippen LogP contribution in [0.3, 0.4) is 0 Å². The first-order valence-corrected chi connectivity index (χ1v) is 7.79. The summed E-state index contributed by atoms with van der Waals surface area (Å²) in [5.41, 5.74) is 2.70. The third-order valence-corrected chi connectivity index (χ3v) is 3.92. The summed E-state index contributed by atoms with van der Waals surface area (Å²) in [7, 11) is 0. The van der Waals surface area contributed by atoms with E-state index in [4.69, 9.17) is 0 Å². The lowest BCUT2D eigenvalue weighted by Crippen LogP contribution is -2.32. The second kappa shape index (κ2) is 7.05. The second-order valence-corrected chi connectivity index (χ2v) is 5.72. The largest absolute Gasteiger partial charge is 0.349 e. The van der Waals surface area contributed by atoms with Crippen LogP contribution in [0.5, 0.6) is 0 Å². The van der Waals surface area contributed by atoms with Gasteiger partial charge in [-0.15, -0.1) is 0 Å². The lowest BCUT2D eigenvalue weighted by Gasteiger charge is -2.24. The molecule has 0 saturated carbocycles. The molecule has 2 aromatic rings. The highest BCUT2D eigenvalue weighted by Crippen LogP contribution is 2.25. The van der Waals surface area contributed by atoms with Gasteiger partial charge >= 0.3 is 0 Å². The Bertz CT molecular complexity index is 700. The molecule has 2 heterocycles. The van der Waals surface area contributed by atoms with E-state index in [0.717, 1.165) is 29.7 Å². The van der Waals surface area contributed by atoms with E-state index in [1.807, 2.05) is 36.4 Å². The molecule has 5 heteroatoms. The Balaban J connectivity index is 1.65. The average molecular weight is 309 g/mol. The van der Waals surface area contributed by atoms with Gasteiger partial charge in [0.05, 0.1) is 12.5 Å². The van der Waals surface area contributed by atoms with Crippen LogP contribution >= 0.6 is 0 Å². The zero-order valence-electron chi connectivity index (χ0n) is 12.8. The van der Waals surface area contributed by atoms with Crippen LogP contribution in [-0.4, -0.2) is 16.8 Å². The summed E-state index contributed by atoms with van der Waals surface area (Å²) in [5, 5.41) is 5.90. The molecule has 3 rings (SSSR count). The first kappa shape index (κ1) is 15.2. The number of rotatable bonds is 4. The molecule has 1 fully saturated rings. The minimum absolute atomic E-state index is 0.0355. The average Bonchev–Trinajstić information content (AvgIpc) is 2.56. The number of carbonyl (C=O) groups is 2. The molecule has 118 valence electrons. The van der Waals surface area contributed by atoms with Crippen molar-refractivity contribution in [2.75, 3.05) is 5.32 Å². The summed E-state index contributed by atoms with van der Waals surface area (Å²) >= 11 is 0. The molecule has 1 saturated heterocycles. The number of hydrogen-bond acceptors (Lipinski definition) is 3. The Morgan fingerprint density at radius 2 is 2.09 bits per heavy atom. The Labute approximate surface area is 135 Å². The van der Waals surface area contributed by atoms with E-state index in [0.29, 0.717) is 12.8 Å². The molecule has 1 atom stereocenters. The third kappa shape index (κ3) is 4.16. The van der Waals surface area contributed by atoms with E-state index in [1.165, 1.54) is 0 Å². The van der Waals surface area contributed by atoms with Crippen molar-refractivity contribution in [3.8, 4) is 0 Å². The van der Waals surface area contributed by atoms with Crippen molar-refractivity contribution in [1.82, 2.24) is 10.3 Å². The first-order chi connectivity index (χ1) is 11.2. The molecular formula is C18H19N3O2. The zero-order chi connectivity index (χ0) is 16.1. The quantitative estimate of drug-likeness (QED) is 0.912. The summed E-state index contributed by atoms with van der Waals surface area (Å²) < 4.78 is 0. The highest BCUT2D eigenvalue weighted by Gasteiger charge is 2.19. The molecule has 0 spiro atoms. The molecule has 23 heavy (non-hydrogen) atoms. The molecule has 1 aromatic heterocycles. The van der Waals surface area contributed by atoms with Crippen LogP contribution in [0.25, 0.3) is 0 Å². The first-order valence-electron chi connectivity index (χ1n) is 7.79. The fourth-order valence-electron chi connectivity index (χ4n) is 2.78. The summed E-state index contributed by atoms with van der Waals surface area (Å²) in [4.78, 5) is 27.6. The zero-order valence-corrected chi connectivity index (χ0v) is 12.8. The van der Waals surface area contributed by atoms with E-state index in [9.17, 15) is 9.59 Å². The van der Waals surface area contributed by atoms with Gasteiger partial charge in [0.25, 0.3) is 0 Å². The molecule has 0 aliphatic carbocycles. The van der Waals surface area contributed by atoms with Crippen LogP contribution in [0.2, 0.25) is 0 Å². The maximum atomic E-state index is 12.1. The predicted molar refractivity (Wildman–Crippen MR) is 87.7 cm³/mol. The van der Waals surface area contributed by atoms with Crippen LogP contribution in [0.4, 0.5) is 5.69 Å². The number of aromatic nitrogens is 1. The molecule has 1 aromatic carbocycles. The predicted octanol–water partition coefficient (Wildman–Crippen LogP) is 2.60. The summed E-state index contributed by atoms with van der Waals surface area (Å²) in [5.74, 6) is 0.0226. The van der Waals surface area contributed by atoms with Gasteiger partial charge in [0.15, 0.2) is 0 Å². The number of amides is 2. The van der Waals surface area contributed by atoms with Crippen molar-refractivity contribution in [3.05, 3.63) is 59.9 Å². The highest BCUT2D eigenvalue weighted by atomic mass is 16.2. The smallest absolute Gasteiger partial charge is 0.228 e. The number of hydrogen-bond donors (Lipinski definition) is 2. The van der Waals surface area contributed by atoms with Crippen LogP contribution in [0, 0.1) is 0 Å². The number of anilines is 1. The van der Waals surface area contributed by atoms with Crippen LogP contribution in [0.15, 0.2) is 48.8 Å². The van der Waals surface area contributed by atoms with Crippen molar-refractivity contribution in [2.24, 2.45) is 0 Å². The van der Waals surface area contributed by atoms with E-state index >= 15 is 0 Å². The van der Waals surface area contributed by atoms with Crippen LogP contribution in [-0.2, 0) is 16.0 Å². The summed E-state index contributed by atoms with van der Waals surface area (Å²) in [6.07, 6.45) is 6.09. The van der Waals surface area contributed by atoms with Gasteiger partial charge in [-0.25, -0.2) is 0 Å². The lowest BCUT2D eigenvalue weighted by molar-refractivity contribution is -0.123. The van der Waals surface area contributed by atoms with Crippen LogP contribution < -0.4 is 10.6 Å². The number of benzene rings is 1. The molecule has 0 bridgehead atoms. The minimum atomic E-state index is -0.0685. The molecule has 2 N–H and O–H groups in total. The molecule has 0 radical (unpaired) electrons. The third-order valence-electron chi connectivity index (χ3n) is 3.92. The second-order valence-electron chi connectivity index (χ2n) is 5.72. The summed E-state index contributed by atoms with van der Waals surface area (Å²) in [6.45, 7) is 0. The molecule has 1 aliphatic heterocycles. The van der Waals surface area contributed by atoms with Gasteiger partial charge in [-0.3, -0.25) is 14.6 Å². The fraction of sp³-hybridized carbons (Fsp3) is 0.278.